The average Bonchev–Trinajstić information content (AvgIpc) is 3.29. The van der Waals surface area contributed by atoms with Crippen molar-refractivity contribution < 1.29 is 4.79 Å². The first-order valence-corrected chi connectivity index (χ1v) is 13.6. The van der Waals surface area contributed by atoms with Crippen molar-refractivity contribution in [1.82, 2.24) is 20.2 Å². The molecule has 1 heterocycles. The molecule has 0 bridgehead atoms. The number of hydrogen-bond donors (Lipinski definition) is 2. The Kier molecular flexibility index (Phi) is 9.02. The summed E-state index contributed by atoms with van der Waals surface area (Å²) in [6.07, 6.45) is 0. The van der Waals surface area contributed by atoms with Gasteiger partial charge in [-0.1, -0.05) is 69.6 Å². The number of benzene rings is 3. The third-order valence-electron chi connectivity index (χ3n) is 5.59. The van der Waals surface area contributed by atoms with E-state index >= 15 is 0 Å². The number of para-hydroxylation sites is 1. The average molecular weight is 598 g/mol. The first-order valence-electron chi connectivity index (χ1n) is 11.6. The fraction of sp³-hybridized carbons (Fsp3) is 0.185. The van der Waals surface area contributed by atoms with Crippen LogP contribution in [0.3, 0.4) is 0 Å². The summed E-state index contributed by atoms with van der Waals surface area (Å²) in [5.74, 6) is 0.500. The van der Waals surface area contributed by atoms with Gasteiger partial charge in [0.1, 0.15) is 0 Å². The number of hydrazone groups is 1. The number of aryl methyl sites for hydroxylation is 1. The fourth-order valence-corrected chi connectivity index (χ4v) is 4.90. The molecule has 0 saturated carbocycles. The van der Waals surface area contributed by atoms with E-state index in [1.807, 2.05) is 98.1 Å². The van der Waals surface area contributed by atoms with Gasteiger partial charge in [0.2, 0.25) is 0 Å². The Morgan fingerprint density at radius 3 is 2.54 bits per heavy atom. The Morgan fingerprint density at radius 1 is 1.11 bits per heavy atom. The summed E-state index contributed by atoms with van der Waals surface area (Å²) >= 11 is 10.8. The van der Waals surface area contributed by atoms with Gasteiger partial charge in [-0.3, -0.25) is 9.36 Å². The second kappa shape index (κ2) is 12.4. The lowest BCUT2D eigenvalue weighted by atomic mass is 10.1. The summed E-state index contributed by atoms with van der Waals surface area (Å²) in [5.41, 5.74) is 7.24. The van der Waals surface area contributed by atoms with Gasteiger partial charge >= 0.3 is 0 Å². The van der Waals surface area contributed by atoms with Gasteiger partial charge in [0, 0.05) is 20.9 Å². The topological polar surface area (TPSA) is 84.2 Å². The van der Waals surface area contributed by atoms with Gasteiger partial charge in [-0.2, -0.15) is 5.10 Å². The van der Waals surface area contributed by atoms with Crippen LogP contribution in [0.1, 0.15) is 30.8 Å². The molecule has 0 unspecified atom stereocenters. The lowest BCUT2D eigenvalue weighted by Crippen LogP contribution is -2.28. The van der Waals surface area contributed by atoms with E-state index in [1.165, 1.54) is 11.8 Å². The molecule has 0 spiro atoms. The molecule has 1 atom stereocenters. The summed E-state index contributed by atoms with van der Waals surface area (Å²) < 4.78 is 2.95. The number of aromatic nitrogens is 3. The number of nitrogens with one attached hydrogen (secondary N) is 2. The zero-order chi connectivity index (χ0) is 26.4. The van der Waals surface area contributed by atoms with Crippen molar-refractivity contribution >= 4 is 56.6 Å². The first kappa shape index (κ1) is 26.9. The Balaban J connectivity index is 1.50. The van der Waals surface area contributed by atoms with E-state index in [2.05, 4.69) is 42.0 Å². The monoisotopic (exact) mass is 596 g/mol. The van der Waals surface area contributed by atoms with Crippen molar-refractivity contribution in [2.75, 3.05) is 5.32 Å². The van der Waals surface area contributed by atoms with Crippen LogP contribution in [0, 0.1) is 6.92 Å². The van der Waals surface area contributed by atoms with Crippen LogP contribution >= 0.6 is 39.3 Å². The maximum atomic E-state index is 12.8. The second-order valence-corrected chi connectivity index (χ2v) is 11.0. The van der Waals surface area contributed by atoms with Crippen molar-refractivity contribution in [3.05, 3.63) is 99.2 Å². The largest absolute Gasteiger partial charge is 0.378 e. The third-order valence-corrected chi connectivity index (χ3v) is 7.39. The molecule has 0 saturated heterocycles. The van der Waals surface area contributed by atoms with Crippen LogP contribution in [-0.4, -0.2) is 31.6 Å². The summed E-state index contributed by atoms with van der Waals surface area (Å²) in [7, 11) is 0. The minimum Gasteiger partial charge on any atom is -0.378 e. The smallest absolute Gasteiger partial charge is 0.253 e. The summed E-state index contributed by atoms with van der Waals surface area (Å²) in [6.45, 7) is 6.12. The number of rotatable bonds is 9. The standard InChI is InChI=1S/C27H26BrClN6OS/c1-17-15-22(29)13-14-24(17)30-16-25-32-34-27(35(25)23-7-5-4-6-8-23)37-19(3)26(36)33-31-18(2)20-9-11-21(28)12-10-20/h4-15,19,30H,16H2,1-3H3,(H,33,36)/b31-18+/t19-/m1/s1. The van der Waals surface area contributed by atoms with E-state index in [-0.39, 0.29) is 5.91 Å². The lowest BCUT2D eigenvalue weighted by molar-refractivity contribution is -0.120. The number of hydrogen-bond acceptors (Lipinski definition) is 6. The summed E-state index contributed by atoms with van der Waals surface area (Å²) in [4.78, 5) is 12.8. The van der Waals surface area contributed by atoms with Crippen LogP contribution in [-0.2, 0) is 11.3 Å². The number of carbonyl (C=O) groups excluding carboxylic acids is 1. The lowest BCUT2D eigenvalue weighted by Gasteiger charge is -2.14. The number of amides is 1. The number of thioether (sulfide) groups is 1. The van der Waals surface area contributed by atoms with Gasteiger partial charge in [0.05, 0.1) is 17.5 Å². The van der Waals surface area contributed by atoms with Gasteiger partial charge in [0.15, 0.2) is 11.0 Å². The highest BCUT2D eigenvalue weighted by molar-refractivity contribution is 9.10. The molecule has 0 fully saturated rings. The normalized spacial score (nSPS) is 12.3. The van der Waals surface area contributed by atoms with Crippen LogP contribution in [0.15, 0.2) is 87.5 Å². The Labute approximate surface area is 233 Å². The quantitative estimate of drug-likeness (QED) is 0.129. The van der Waals surface area contributed by atoms with Crippen LogP contribution < -0.4 is 10.7 Å². The molecule has 1 aromatic heterocycles. The molecule has 0 aliphatic rings. The van der Waals surface area contributed by atoms with Gasteiger partial charge in [-0.25, -0.2) is 5.43 Å². The Morgan fingerprint density at radius 2 is 1.84 bits per heavy atom. The summed E-state index contributed by atoms with van der Waals surface area (Å²) in [5, 5.41) is 17.4. The molecule has 10 heteroatoms. The highest BCUT2D eigenvalue weighted by atomic mass is 79.9. The van der Waals surface area contributed by atoms with Gasteiger partial charge < -0.3 is 5.32 Å². The molecule has 4 rings (SSSR count). The van der Waals surface area contributed by atoms with E-state index in [0.717, 1.165) is 38.5 Å². The maximum absolute atomic E-state index is 12.8. The van der Waals surface area contributed by atoms with Gasteiger partial charge in [-0.05, 0) is 74.4 Å². The minimum absolute atomic E-state index is 0.222. The molecular formula is C27H26BrClN6OS. The zero-order valence-electron chi connectivity index (χ0n) is 20.6. The number of carbonyl (C=O) groups is 1. The molecule has 7 nitrogen and oxygen atoms in total. The number of halogens is 2. The number of nitrogens with zero attached hydrogens (tertiary/aromatic N) is 4. The predicted molar refractivity (Wildman–Crippen MR) is 155 cm³/mol. The highest BCUT2D eigenvalue weighted by Gasteiger charge is 2.21. The van der Waals surface area contributed by atoms with Crippen molar-refractivity contribution in [3.8, 4) is 5.69 Å². The molecule has 1 amide bonds. The van der Waals surface area contributed by atoms with E-state index in [1.54, 1.807) is 0 Å². The molecular weight excluding hydrogens is 572 g/mol. The minimum atomic E-state index is -0.451. The van der Waals surface area contributed by atoms with E-state index in [4.69, 9.17) is 11.6 Å². The zero-order valence-corrected chi connectivity index (χ0v) is 23.7. The Hall–Kier alpha value is -3.14. The predicted octanol–water partition coefficient (Wildman–Crippen LogP) is 6.62. The first-order chi connectivity index (χ1) is 17.8. The van der Waals surface area contributed by atoms with Crippen LogP contribution in [0.4, 0.5) is 5.69 Å². The van der Waals surface area contributed by atoms with Crippen LogP contribution in [0.5, 0.6) is 0 Å². The van der Waals surface area contributed by atoms with Crippen LogP contribution in [0.2, 0.25) is 5.02 Å². The van der Waals surface area contributed by atoms with Crippen LogP contribution in [0.25, 0.3) is 5.69 Å². The fourth-order valence-electron chi connectivity index (χ4n) is 3.52. The molecule has 2 N–H and O–H groups in total. The SMILES string of the molecule is C/C(=N\NC(=O)[C@@H](C)Sc1nnc(CNc2ccc(Cl)cc2C)n1-c1ccccc1)c1ccc(Br)cc1. The van der Waals surface area contributed by atoms with E-state index < -0.39 is 5.25 Å². The number of anilines is 1. The van der Waals surface area contributed by atoms with Crippen molar-refractivity contribution in [3.63, 3.8) is 0 Å². The summed E-state index contributed by atoms with van der Waals surface area (Å²) in [6, 6.07) is 23.3. The molecule has 0 radical (unpaired) electrons. The van der Waals surface area contributed by atoms with Crippen molar-refractivity contribution in [2.45, 2.75) is 37.7 Å². The highest BCUT2D eigenvalue weighted by Crippen LogP contribution is 2.27. The molecule has 0 aliphatic heterocycles. The second-order valence-electron chi connectivity index (χ2n) is 8.32. The van der Waals surface area contributed by atoms with Crippen molar-refractivity contribution in [2.24, 2.45) is 5.10 Å². The molecule has 0 aliphatic carbocycles. The van der Waals surface area contributed by atoms with Crippen molar-refractivity contribution in [1.29, 1.82) is 0 Å². The maximum Gasteiger partial charge on any atom is 0.253 e. The van der Waals surface area contributed by atoms with Gasteiger partial charge in [0.25, 0.3) is 5.91 Å². The molecule has 4 aromatic rings. The van der Waals surface area contributed by atoms with E-state index in [0.29, 0.717) is 16.7 Å². The molecule has 37 heavy (non-hydrogen) atoms. The molecule has 190 valence electrons. The van der Waals surface area contributed by atoms with Gasteiger partial charge in [-0.15, -0.1) is 10.2 Å². The van der Waals surface area contributed by atoms with E-state index in [9.17, 15) is 4.79 Å². The Bertz CT molecular complexity index is 1410. The third kappa shape index (κ3) is 7.00. The molecule has 3 aromatic carbocycles.